The van der Waals surface area contributed by atoms with Crippen LogP contribution >= 0.6 is 0 Å². The third-order valence-corrected chi connectivity index (χ3v) is 1.99. The quantitative estimate of drug-likeness (QED) is 0.757. The Bertz CT molecular complexity index is 289. The molecule has 0 bridgehead atoms. The van der Waals surface area contributed by atoms with Gasteiger partial charge in [0.25, 0.3) is 0 Å². The van der Waals surface area contributed by atoms with Gasteiger partial charge in [-0.15, -0.1) is 0 Å². The molecule has 0 saturated heterocycles. The average molecular weight is 182 g/mol. The van der Waals surface area contributed by atoms with Crippen LogP contribution in [0.15, 0.2) is 6.20 Å². The minimum atomic E-state index is -0.105. The molecular formula is C9H14N2O2. The molecule has 0 aliphatic rings. The zero-order chi connectivity index (χ0) is 9.84. The lowest BCUT2D eigenvalue weighted by atomic mass is 10.2. The summed E-state index contributed by atoms with van der Waals surface area (Å²) in [5.74, 6) is 0.650. The van der Waals surface area contributed by atoms with E-state index in [2.05, 4.69) is 9.97 Å². The summed E-state index contributed by atoms with van der Waals surface area (Å²) in [6.45, 7) is 3.71. The fourth-order valence-corrected chi connectivity index (χ4v) is 0.966. The van der Waals surface area contributed by atoms with Gasteiger partial charge in [-0.25, -0.2) is 9.97 Å². The number of aryl methyl sites for hydroxylation is 1. The largest absolute Gasteiger partial charge is 0.392 e. The number of aliphatic hydroxyl groups is 1. The molecule has 13 heavy (non-hydrogen) atoms. The molecule has 0 amide bonds. The number of nitrogens with zero attached hydrogens (tertiary/aromatic N) is 2. The number of aliphatic hydroxyl groups excluding tert-OH is 1. The summed E-state index contributed by atoms with van der Waals surface area (Å²) < 4.78 is 5.08. The second kappa shape index (κ2) is 4.30. The van der Waals surface area contributed by atoms with Crippen LogP contribution in [0.3, 0.4) is 0 Å². The lowest BCUT2D eigenvalue weighted by Crippen LogP contribution is -2.05. The molecule has 0 aromatic carbocycles. The first kappa shape index (κ1) is 10.1. The predicted octanol–water partition coefficient (Wildman–Crippen LogP) is 0.985. The summed E-state index contributed by atoms with van der Waals surface area (Å²) in [4.78, 5) is 8.30. The van der Waals surface area contributed by atoms with E-state index in [9.17, 15) is 0 Å². The highest BCUT2D eigenvalue weighted by molar-refractivity contribution is 5.15. The molecule has 1 N–H and O–H groups in total. The molecule has 1 aromatic heterocycles. The molecule has 4 nitrogen and oxygen atoms in total. The molecule has 1 aromatic rings. The predicted molar refractivity (Wildman–Crippen MR) is 48.1 cm³/mol. The van der Waals surface area contributed by atoms with Gasteiger partial charge in [0.2, 0.25) is 0 Å². The Kier molecular flexibility index (Phi) is 3.33. The average Bonchev–Trinajstić information content (AvgIpc) is 2.16. The number of rotatable bonds is 3. The molecule has 0 radical (unpaired) electrons. The zero-order valence-corrected chi connectivity index (χ0v) is 8.11. The first-order valence-electron chi connectivity index (χ1n) is 4.15. The Morgan fingerprint density at radius 3 is 2.77 bits per heavy atom. The Morgan fingerprint density at radius 1 is 1.62 bits per heavy atom. The first-order chi connectivity index (χ1) is 6.19. The van der Waals surface area contributed by atoms with Crippen molar-refractivity contribution in [3.05, 3.63) is 23.3 Å². The summed E-state index contributed by atoms with van der Waals surface area (Å²) in [6.07, 6.45) is 1.53. The maximum absolute atomic E-state index is 8.89. The molecule has 0 fully saturated rings. The number of ether oxygens (including phenoxy) is 1. The van der Waals surface area contributed by atoms with Crippen molar-refractivity contribution in [1.82, 2.24) is 9.97 Å². The smallest absolute Gasteiger partial charge is 0.157 e. The maximum Gasteiger partial charge on any atom is 0.157 e. The van der Waals surface area contributed by atoms with Gasteiger partial charge in [-0.1, -0.05) is 0 Å². The Hall–Kier alpha value is -1.00. The van der Waals surface area contributed by atoms with Crippen LogP contribution in [0.1, 0.15) is 30.1 Å². The molecule has 0 aliphatic heterocycles. The van der Waals surface area contributed by atoms with E-state index in [1.807, 2.05) is 13.8 Å². The second-order valence-corrected chi connectivity index (χ2v) is 2.87. The summed E-state index contributed by atoms with van der Waals surface area (Å²) in [6, 6.07) is 0. The van der Waals surface area contributed by atoms with Crippen LogP contribution in [0.4, 0.5) is 0 Å². The molecule has 1 atom stereocenters. The van der Waals surface area contributed by atoms with Gasteiger partial charge in [-0.3, -0.25) is 0 Å². The van der Waals surface area contributed by atoms with E-state index in [0.29, 0.717) is 5.82 Å². The molecule has 0 aliphatic carbocycles. The van der Waals surface area contributed by atoms with E-state index >= 15 is 0 Å². The van der Waals surface area contributed by atoms with Crippen molar-refractivity contribution in [1.29, 1.82) is 0 Å². The lowest BCUT2D eigenvalue weighted by Gasteiger charge is -2.09. The third kappa shape index (κ3) is 2.23. The van der Waals surface area contributed by atoms with Crippen molar-refractivity contribution >= 4 is 0 Å². The summed E-state index contributed by atoms with van der Waals surface area (Å²) in [5, 5.41) is 8.89. The normalized spacial score (nSPS) is 12.9. The number of aromatic nitrogens is 2. The lowest BCUT2D eigenvalue weighted by molar-refractivity contribution is 0.111. The Morgan fingerprint density at radius 2 is 2.31 bits per heavy atom. The minimum absolute atomic E-state index is 0.0204. The second-order valence-electron chi connectivity index (χ2n) is 2.87. The standard InChI is InChI=1S/C9H14N2O2/c1-6-8(5-12)4-10-9(11-6)7(2)13-3/h4,7,12H,5H2,1-3H3. The molecule has 1 unspecified atom stereocenters. The fraction of sp³-hybridized carbons (Fsp3) is 0.556. The van der Waals surface area contributed by atoms with Gasteiger partial charge in [0, 0.05) is 24.6 Å². The van der Waals surface area contributed by atoms with E-state index in [1.54, 1.807) is 13.3 Å². The van der Waals surface area contributed by atoms with E-state index in [0.717, 1.165) is 11.3 Å². The van der Waals surface area contributed by atoms with Crippen molar-refractivity contribution < 1.29 is 9.84 Å². The molecule has 0 spiro atoms. The third-order valence-electron chi connectivity index (χ3n) is 1.99. The summed E-state index contributed by atoms with van der Waals surface area (Å²) >= 11 is 0. The van der Waals surface area contributed by atoms with Gasteiger partial charge in [-0.2, -0.15) is 0 Å². The maximum atomic E-state index is 8.89. The molecule has 4 heteroatoms. The Balaban J connectivity index is 2.95. The SMILES string of the molecule is COC(C)c1ncc(CO)c(C)n1. The van der Waals surface area contributed by atoms with Crippen molar-refractivity contribution in [2.45, 2.75) is 26.6 Å². The van der Waals surface area contributed by atoms with E-state index in [-0.39, 0.29) is 12.7 Å². The van der Waals surface area contributed by atoms with Gasteiger partial charge in [-0.05, 0) is 13.8 Å². The van der Waals surface area contributed by atoms with E-state index < -0.39 is 0 Å². The number of methoxy groups -OCH3 is 1. The molecule has 1 rings (SSSR count). The van der Waals surface area contributed by atoms with Gasteiger partial charge in [0.15, 0.2) is 5.82 Å². The molecule has 72 valence electrons. The topological polar surface area (TPSA) is 55.2 Å². The van der Waals surface area contributed by atoms with Crippen LogP contribution in [0.5, 0.6) is 0 Å². The van der Waals surface area contributed by atoms with Crippen molar-refractivity contribution in [2.24, 2.45) is 0 Å². The van der Waals surface area contributed by atoms with Gasteiger partial charge in [0.05, 0.1) is 6.61 Å². The summed E-state index contributed by atoms with van der Waals surface area (Å²) in [7, 11) is 1.61. The molecular weight excluding hydrogens is 168 g/mol. The first-order valence-corrected chi connectivity index (χ1v) is 4.15. The highest BCUT2D eigenvalue weighted by Gasteiger charge is 2.08. The molecule has 1 heterocycles. The van der Waals surface area contributed by atoms with Crippen LogP contribution in [0, 0.1) is 6.92 Å². The van der Waals surface area contributed by atoms with Gasteiger partial charge in [0.1, 0.15) is 6.10 Å². The van der Waals surface area contributed by atoms with E-state index in [4.69, 9.17) is 9.84 Å². The zero-order valence-electron chi connectivity index (χ0n) is 8.11. The van der Waals surface area contributed by atoms with Crippen molar-refractivity contribution in [2.75, 3.05) is 7.11 Å². The van der Waals surface area contributed by atoms with Gasteiger partial charge < -0.3 is 9.84 Å². The van der Waals surface area contributed by atoms with Crippen molar-refractivity contribution in [3.8, 4) is 0 Å². The van der Waals surface area contributed by atoms with Crippen LogP contribution < -0.4 is 0 Å². The van der Waals surface area contributed by atoms with Crippen LogP contribution in [-0.2, 0) is 11.3 Å². The van der Waals surface area contributed by atoms with Gasteiger partial charge >= 0.3 is 0 Å². The Labute approximate surface area is 77.6 Å². The van der Waals surface area contributed by atoms with Crippen LogP contribution in [0.2, 0.25) is 0 Å². The monoisotopic (exact) mass is 182 g/mol. The van der Waals surface area contributed by atoms with Crippen LogP contribution in [-0.4, -0.2) is 22.2 Å². The fourth-order valence-electron chi connectivity index (χ4n) is 0.966. The van der Waals surface area contributed by atoms with Crippen molar-refractivity contribution in [3.63, 3.8) is 0 Å². The number of hydrogen-bond donors (Lipinski definition) is 1. The molecule has 0 saturated carbocycles. The summed E-state index contributed by atoms with van der Waals surface area (Å²) in [5.41, 5.74) is 1.56. The van der Waals surface area contributed by atoms with Crippen LogP contribution in [0.25, 0.3) is 0 Å². The van der Waals surface area contributed by atoms with E-state index in [1.165, 1.54) is 0 Å². The highest BCUT2D eigenvalue weighted by Crippen LogP contribution is 2.12. The number of hydrogen-bond acceptors (Lipinski definition) is 4. The minimum Gasteiger partial charge on any atom is -0.392 e. The highest BCUT2D eigenvalue weighted by atomic mass is 16.5.